The van der Waals surface area contributed by atoms with Gasteiger partial charge >= 0.3 is 0 Å². The summed E-state index contributed by atoms with van der Waals surface area (Å²) in [4.78, 5) is 0. The molecule has 2 nitrogen and oxygen atoms in total. The predicted molar refractivity (Wildman–Crippen MR) is 56.1 cm³/mol. The molecule has 2 saturated carbocycles. The lowest BCUT2D eigenvalue weighted by atomic mass is 9.81. The largest absolute Gasteiger partial charge is 0.388 e. The summed E-state index contributed by atoms with van der Waals surface area (Å²) in [6, 6.07) is 0. The second-order valence-corrected chi connectivity index (χ2v) is 5.57. The molecule has 2 rings (SSSR count). The standard InChI is InChI=1S/C12H22O2/c1-12(13,8-14-2)7-11-6-9-3-4-10(11)5-9/h9-11,13H,3-8H2,1-2H3. The van der Waals surface area contributed by atoms with Crippen LogP contribution in [-0.2, 0) is 4.74 Å². The van der Waals surface area contributed by atoms with Gasteiger partial charge in [0, 0.05) is 7.11 Å². The maximum Gasteiger partial charge on any atom is 0.0854 e. The molecule has 0 radical (unpaired) electrons. The van der Waals surface area contributed by atoms with Gasteiger partial charge in [-0.3, -0.25) is 0 Å². The van der Waals surface area contributed by atoms with Gasteiger partial charge in [0.1, 0.15) is 0 Å². The van der Waals surface area contributed by atoms with Crippen LogP contribution in [0.25, 0.3) is 0 Å². The summed E-state index contributed by atoms with van der Waals surface area (Å²) in [6.07, 6.45) is 6.55. The second kappa shape index (κ2) is 3.82. The Morgan fingerprint density at radius 2 is 2.14 bits per heavy atom. The predicted octanol–water partition coefficient (Wildman–Crippen LogP) is 2.21. The van der Waals surface area contributed by atoms with Crippen molar-refractivity contribution in [2.75, 3.05) is 13.7 Å². The van der Waals surface area contributed by atoms with Crippen molar-refractivity contribution in [1.82, 2.24) is 0 Å². The first kappa shape index (κ1) is 10.4. The second-order valence-electron chi connectivity index (χ2n) is 5.57. The van der Waals surface area contributed by atoms with Crippen LogP contribution in [0.4, 0.5) is 0 Å². The lowest BCUT2D eigenvalue weighted by molar-refractivity contribution is -0.0384. The highest BCUT2D eigenvalue weighted by atomic mass is 16.5. The van der Waals surface area contributed by atoms with Gasteiger partial charge < -0.3 is 9.84 Å². The molecule has 2 fully saturated rings. The van der Waals surface area contributed by atoms with E-state index in [4.69, 9.17) is 4.74 Å². The maximum atomic E-state index is 10.1. The Kier molecular flexibility index (Phi) is 2.85. The van der Waals surface area contributed by atoms with E-state index in [1.807, 2.05) is 6.92 Å². The van der Waals surface area contributed by atoms with E-state index in [0.29, 0.717) is 6.61 Å². The Labute approximate surface area is 86.6 Å². The summed E-state index contributed by atoms with van der Waals surface area (Å²) in [5.41, 5.74) is -0.607. The van der Waals surface area contributed by atoms with Crippen LogP contribution in [0.3, 0.4) is 0 Å². The highest BCUT2D eigenvalue weighted by Gasteiger charge is 2.41. The Bertz CT molecular complexity index is 200. The molecule has 2 bridgehead atoms. The van der Waals surface area contributed by atoms with Crippen molar-refractivity contribution < 1.29 is 9.84 Å². The highest BCUT2D eigenvalue weighted by Crippen LogP contribution is 2.50. The molecule has 0 aliphatic heterocycles. The number of hydrogen-bond acceptors (Lipinski definition) is 2. The van der Waals surface area contributed by atoms with Crippen LogP contribution in [0.5, 0.6) is 0 Å². The van der Waals surface area contributed by atoms with Crippen LogP contribution in [0.15, 0.2) is 0 Å². The number of methoxy groups -OCH3 is 1. The lowest BCUT2D eigenvalue weighted by Gasteiger charge is -2.30. The smallest absolute Gasteiger partial charge is 0.0854 e. The normalized spacial score (nSPS) is 40.1. The highest BCUT2D eigenvalue weighted by molar-refractivity contribution is 4.92. The Morgan fingerprint density at radius 1 is 1.36 bits per heavy atom. The minimum atomic E-state index is -0.607. The zero-order chi connectivity index (χ0) is 10.2. The molecule has 4 unspecified atom stereocenters. The molecule has 0 aromatic carbocycles. The molecule has 0 aromatic rings. The average Bonchev–Trinajstić information content (AvgIpc) is 2.63. The zero-order valence-corrected chi connectivity index (χ0v) is 9.33. The summed E-state index contributed by atoms with van der Waals surface area (Å²) in [5, 5.41) is 10.1. The maximum absolute atomic E-state index is 10.1. The van der Waals surface area contributed by atoms with Crippen molar-refractivity contribution >= 4 is 0 Å². The van der Waals surface area contributed by atoms with Gasteiger partial charge in [-0.2, -0.15) is 0 Å². The van der Waals surface area contributed by atoms with Crippen LogP contribution in [0.2, 0.25) is 0 Å². The van der Waals surface area contributed by atoms with Crippen LogP contribution < -0.4 is 0 Å². The lowest BCUT2D eigenvalue weighted by Crippen LogP contribution is -2.34. The number of fused-ring (bicyclic) bond motifs is 2. The van der Waals surface area contributed by atoms with Crippen molar-refractivity contribution in [2.45, 2.75) is 44.6 Å². The average molecular weight is 198 g/mol. The molecule has 4 atom stereocenters. The Morgan fingerprint density at radius 3 is 2.64 bits per heavy atom. The van der Waals surface area contributed by atoms with E-state index >= 15 is 0 Å². The quantitative estimate of drug-likeness (QED) is 0.750. The summed E-state index contributed by atoms with van der Waals surface area (Å²) in [6.45, 7) is 2.38. The van der Waals surface area contributed by atoms with Crippen LogP contribution >= 0.6 is 0 Å². The first-order valence-corrected chi connectivity index (χ1v) is 5.82. The zero-order valence-electron chi connectivity index (χ0n) is 9.33. The number of ether oxygens (including phenoxy) is 1. The van der Waals surface area contributed by atoms with Gasteiger partial charge in [-0.1, -0.05) is 6.42 Å². The van der Waals surface area contributed by atoms with Gasteiger partial charge in [0.15, 0.2) is 0 Å². The summed E-state index contributed by atoms with van der Waals surface area (Å²) < 4.78 is 5.05. The van der Waals surface area contributed by atoms with Crippen molar-refractivity contribution in [3.63, 3.8) is 0 Å². The molecule has 2 heteroatoms. The molecule has 2 aliphatic rings. The number of hydrogen-bond donors (Lipinski definition) is 1. The molecule has 14 heavy (non-hydrogen) atoms. The minimum Gasteiger partial charge on any atom is -0.388 e. The van der Waals surface area contributed by atoms with E-state index in [-0.39, 0.29) is 0 Å². The number of rotatable bonds is 4. The van der Waals surface area contributed by atoms with E-state index in [0.717, 1.165) is 24.2 Å². The molecule has 0 heterocycles. The molecule has 0 amide bonds. The summed E-state index contributed by atoms with van der Waals surface area (Å²) >= 11 is 0. The molecule has 1 N–H and O–H groups in total. The number of aliphatic hydroxyl groups is 1. The van der Waals surface area contributed by atoms with Crippen LogP contribution in [0, 0.1) is 17.8 Å². The molecule has 0 spiro atoms. The van der Waals surface area contributed by atoms with Crippen molar-refractivity contribution in [2.24, 2.45) is 17.8 Å². The fourth-order valence-corrected chi connectivity index (χ4v) is 3.56. The van der Waals surface area contributed by atoms with Gasteiger partial charge in [0.05, 0.1) is 12.2 Å². The van der Waals surface area contributed by atoms with E-state index < -0.39 is 5.60 Å². The van der Waals surface area contributed by atoms with E-state index in [2.05, 4.69) is 0 Å². The first-order valence-electron chi connectivity index (χ1n) is 5.82. The molecule has 2 aliphatic carbocycles. The Hall–Kier alpha value is -0.0800. The van der Waals surface area contributed by atoms with E-state index in [9.17, 15) is 5.11 Å². The third-order valence-electron chi connectivity index (χ3n) is 4.04. The van der Waals surface area contributed by atoms with Gasteiger partial charge in [0.2, 0.25) is 0 Å². The Balaban J connectivity index is 1.86. The van der Waals surface area contributed by atoms with E-state index in [1.165, 1.54) is 25.7 Å². The van der Waals surface area contributed by atoms with Gasteiger partial charge in [-0.05, 0) is 50.4 Å². The van der Waals surface area contributed by atoms with Gasteiger partial charge in [-0.25, -0.2) is 0 Å². The van der Waals surface area contributed by atoms with Gasteiger partial charge in [-0.15, -0.1) is 0 Å². The molecule has 0 aromatic heterocycles. The van der Waals surface area contributed by atoms with Crippen LogP contribution in [0.1, 0.15) is 39.0 Å². The monoisotopic (exact) mass is 198 g/mol. The van der Waals surface area contributed by atoms with E-state index in [1.54, 1.807) is 7.11 Å². The fraction of sp³-hybridized carbons (Fsp3) is 1.00. The minimum absolute atomic E-state index is 0.473. The summed E-state index contributed by atoms with van der Waals surface area (Å²) in [7, 11) is 1.66. The SMILES string of the molecule is COCC(C)(O)CC1CC2CCC1C2. The fourth-order valence-electron chi connectivity index (χ4n) is 3.56. The first-order chi connectivity index (χ1) is 6.61. The third kappa shape index (κ3) is 2.12. The molecular formula is C12H22O2. The van der Waals surface area contributed by atoms with Crippen LogP contribution in [-0.4, -0.2) is 24.4 Å². The third-order valence-corrected chi connectivity index (χ3v) is 4.04. The summed E-state index contributed by atoms with van der Waals surface area (Å²) in [5.74, 6) is 2.64. The van der Waals surface area contributed by atoms with Crippen molar-refractivity contribution in [3.05, 3.63) is 0 Å². The molecule has 0 saturated heterocycles. The molecular weight excluding hydrogens is 176 g/mol. The molecule has 82 valence electrons. The topological polar surface area (TPSA) is 29.5 Å². The van der Waals surface area contributed by atoms with Crippen molar-refractivity contribution in [3.8, 4) is 0 Å². The van der Waals surface area contributed by atoms with Gasteiger partial charge in [0.25, 0.3) is 0 Å². The van der Waals surface area contributed by atoms with Crippen molar-refractivity contribution in [1.29, 1.82) is 0 Å².